The van der Waals surface area contributed by atoms with Crippen LogP contribution in [0, 0.1) is 0 Å². The molecule has 0 aliphatic carbocycles. The molecule has 1 unspecified atom stereocenters. The summed E-state index contributed by atoms with van der Waals surface area (Å²) in [7, 11) is 3.16. The Balaban J connectivity index is 1.79. The predicted molar refractivity (Wildman–Crippen MR) is 95.1 cm³/mol. The predicted octanol–water partition coefficient (Wildman–Crippen LogP) is 2.84. The highest BCUT2D eigenvalue weighted by molar-refractivity contribution is 6.07. The molecule has 2 amide bonds. The van der Waals surface area contributed by atoms with E-state index < -0.39 is 6.04 Å². The summed E-state index contributed by atoms with van der Waals surface area (Å²) in [6.45, 7) is 0. The molecule has 0 aromatic heterocycles. The Bertz CT molecular complexity index is 773. The molecular formula is C19H20N2O4. The summed E-state index contributed by atoms with van der Waals surface area (Å²) in [6.07, 6.45) is 0.836. The summed E-state index contributed by atoms with van der Waals surface area (Å²) in [6, 6.07) is 13.7. The first-order valence-corrected chi connectivity index (χ1v) is 8.03. The molecule has 1 saturated heterocycles. The van der Waals surface area contributed by atoms with Crippen molar-refractivity contribution in [1.29, 1.82) is 0 Å². The van der Waals surface area contributed by atoms with Gasteiger partial charge in [0.2, 0.25) is 11.8 Å². The van der Waals surface area contributed by atoms with E-state index in [9.17, 15) is 9.59 Å². The zero-order chi connectivity index (χ0) is 17.8. The summed E-state index contributed by atoms with van der Waals surface area (Å²) in [5.74, 6) is 1.09. The zero-order valence-electron chi connectivity index (χ0n) is 14.2. The number of nitrogens with zero attached hydrogens (tertiary/aromatic N) is 1. The van der Waals surface area contributed by atoms with Crippen molar-refractivity contribution in [3.63, 3.8) is 0 Å². The van der Waals surface area contributed by atoms with Crippen LogP contribution < -0.4 is 19.7 Å². The van der Waals surface area contributed by atoms with Gasteiger partial charge in [-0.2, -0.15) is 0 Å². The lowest BCUT2D eigenvalue weighted by molar-refractivity contribution is -0.120. The minimum absolute atomic E-state index is 0.0593. The Morgan fingerprint density at radius 3 is 2.48 bits per heavy atom. The molecule has 1 atom stereocenters. The molecule has 0 bridgehead atoms. The number of hydrogen-bond acceptors (Lipinski definition) is 4. The monoisotopic (exact) mass is 340 g/mol. The fourth-order valence-electron chi connectivity index (χ4n) is 2.93. The summed E-state index contributed by atoms with van der Waals surface area (Å²) >= 11 is 0. The van der Waals surface area contributed by atoms with Crippen LogP contribution in [0.25, 0.3) is 0 Å². The zero-order valence-corrected chi connectivity index (χ0v) is 14.2. The first-order valence-electron chi connectivity index (χ1n) is 8.03. The Labute approximate surface area is 146 Å². The molecule has 1 N–H and O–H groups in total. The van der Waals surface area contributed by atoms with Crippen molar-refractivity contribution in [2.24, 2.45) is 0 Å². The van der Waals surface area contributed by atoms with E-state index in [1.165, 1.54) is 0 Å². The van der Waals surface area contributed by atoms with E-state index in [0.29, 0.717) is 35.7 Å². The van der Waals surface area contributed by atoms with Crippen LogP contribution in [0.3, 0.4) is 0 Å². The van der Waals surface area contributed by atoms with Gasteiger partial charge in [-0.25, -0.2) is 0 Å². The van der Waals surface area contributed by atoms with Crippen LogP contribution in [0.15, 0.2) is 48.5 Å². The van der Waals surface area contributed by atoms with Gasteiger partial charge in [0.05, 0.1) is 14.2 Å². The summed E-state index contributed by atoms with van der Waals surface area (Å²) in [4.78, 5) is 26.5. The molecule has 1 fully saturated rings. The largest absolute Gasteiger partial charge is 0.497 e. The second-order valence-electron chi connectivity index (χ2n) is 5.74. The van der Waals surface area contributed by atoms with Gasteiger partial charge in [-0.05, 0) is 42.8 Å². The second-order valence-corrected chi connectivity index (χ2v) is 5.74. The molecule has 6 heteroatoms. The average Bonchev–Trinajstić information content (AvgIpc) is 3.03. The molecule has 0 radical (unpaired) electrons. The topological polar surface area (TPSA) is 67.9 Å². The van der Waals surface area contributed by atoms with Crippen LogP contribution >= 0.6 is 0 Å². The van der Waals surface area contributed by atoms with Gasteiger partial charge in [-0.3, -0.25) is 14.5 Å². The number of methoxy groups -OCH3 is 2. The van der Waals surface area contributed by atoms with Crippen LogP contribution in [0.5, 0.6) is 11.5 Å². The van der Waals surface area contributed by atoms with Gasteiger partial charge >= 0.3 is 0 Å². The first-order chi connectivity index (χ1) is 12.1. The van der Waals surface area contributed by atoms with Crippen molar-refractivity contribution in [2.45, 2.75) is 18.9 Å². The smallest absolute Gasteiger partial charge is 0.247 e. The number of benzene rings is 2. The molecule has 3 rings (SSSR count). The van der Waals surface area contributed by atoms with Crippen molar-refractivity contribution < 1.29 is 19.1 Å². The molecule has 2 aromatic carbocycles. The first kappa shape index (κ1) is 16.8. The minimum Gasteiger partial charge on any atom is -0.497 e. The van der Waals surface area contributed by atoms with Crippen molar-refractivity contribution in [1.82, 2.24) is 0 Å². The van der Waals surface area contributed by atoms with Crippen molar-refractivity contribution in [2.75, 3.05) is 24.4 Å². The number of amides is 2. The average molecular weight is 340 g/mol. The van der Waals surface area contributed by atoms with Gasteiger partial charge < -0.3 is 14.8 Å². The van der Waals surface area contributed by atoms with Gasteiger partial charge in [-0.15, -0.1) is 0 Å². The number of anilines is 2. The minimum atomic E-state index is -0.535. The van der Waals surface area contributed by atoms with Crippen LogP contribution in [-0.4, -0.2) is 32.1 Å². The fourth-order valence-corrected chi connectivity index (χ4v) is 2.93. The molecule has 1 aliphatic rings. The molecule has 6 nitrogen and oxygen atoms in total. The highest BCUT2D eigenvalue weighted by Crippen LogP contribution is 2.29. The molecule has 0 saturated carbocycles. The van der Waals surface area contributed by atoms with Crippen LogP contribution in [0.2, 0.25) is 0 Å². The number of carbonyl (C=O) groups is 2. The van der Waals surface area contributed by atoms with E-state index in [1.807, 2.05) is 0 Å². The Morgan fingerprint density at radius 1 is 1.08 bits per heavy atom. The molecular weight excluding hydrogens is 320 g/mol. The molecule has 0 spiro atoms. The van der Waals surface area contributed by atoms with Gasteiger partial charge in [0.1, 0.15) is 17.5 Å². The lowest BCUT2D eigenvalue weighted by atomic mass is 10.1. The van der Waals surface area contributed by atoms with Gasteiger partial charge in [0.15, 0.2) is 0 Å². The van der Waals surface area contributed by atoms with E-state index in [4.69, 9.17) is 9.47 Å². The van der Waals surface area contributed by atoms with E-state index in [1.54, 1.807) is 67.7 Å². The Kier molecular flexibility index (Phi) is 4.88. The van der Waals surface area contributed by atoms with E-state index in [-0.39, 0.29) is 11.8 Å². The SMILES string of the molecule is COc1ccc(N2C(=O)CCC2C(=O)Nc2cccc(OC)c2)cc1. The number of ether oxygens (including phenoxy) is 2. The van der Waals surface area contributed by atoms with Crippen molar-refractivity contribution in [3.05, 3.63) is 48.5 Å². The number of rotatable bonds is 5. The summed E-state index contributed by atoms with van der Waals surface area (Å²) < 4.78 is 10.3. The maximum atomic E-state index is 12.7. The van der Waals surface area contributed by atoms with Crippen molar-refractivity contribution in [3.8, 4) is 11.5 Å². The number of hydrogen-bond donors (Lipinski definition) is 1. The lowest BCUT2D eigenvalue weighted by Gasteiger charge is -2.24. The molecule has 25 heavy (non-hydrogen) atoms. The highest BCUT2D eigenvalue weighted by Gasteiger charge is 2.37. The standard InChI is InChI=1S/C19H20N2O4/c1-24-15-8-6-14(7-9-15)21-17(10-11-18(21)22)19(23)20-13-4-3-5-16(12-13)25-2/h3-9,12,17H,10-11H2,1-2H3,(H,20,23). The van der Waals surface area contributed by atoms with E-state index >= 15 is 0 Å². The van der Waals surface area contributed by atoms with E-state index in [0.717, 1.165) is 0 Å². The number of carbonyl (C=O) groups excluding carboxylic acids is 2. The molecule has 1 aliphatic heterocycles. The normalized spacial score (nSPS) is 16.6. The molecule has 1 heterocycles. The maximum absolute atomic E-state index is 12.7. The van der Waals surface area contributed by atoms with Crippen LogP contribution in [-0.2, 0) is 9.59 Å². The summed E-state index contributed by atoms with van der Waals surface area (Å²) in [5.41, 5.74) is 1.33. The third-order valence-electron chi connectivity index (χ3n) is 4.20. The number of nitrogens with one attached hydrogen (secondary N) is 1. The molecule has 2 aromatic rings. The van der Waals surface area contributed by atoms with Gasteiger partial charge in [0.25, 0.3) is 0 Å². The van der Waals surface area contributed by atoms with Crippen LogP contribution in [0.1, 0.15) is 12.8 Å². The van der Waals surface area contributed by atoms with E-state index in [2.05, 4.69) is 5.32 Å². The fraction of sp³-hybridized carbons (Fsp3) is 0.263. The summed E-state index contributed by atoms with van der Waals surface area (Å²) in [5, 5.41) is 2.86. The third kappa shape index (κ3) is 3.57. The van der Waals surface area contributed by atoms with Gasteiger partial charge in [0, 0.05) is 23.9 Å². The lowest BCUT2D eigenvalue weighted by Crippen LogP contribution is -2.41. The Morgan fingerprint density at radius 2 is 1.80 bits per heavy atom. The quantitative estimate of drug-likeness (QED) is 0.909. The molecule has 130 valence electrons. The maximum Gasteiger partial charge on any atom is 0.247 e. The van der Waals surface area contributed by atoms with Gasteiger partial charge in [-0.1, -0.05) is 6.07 Å². The highest BCUT2D eigenvalue weighted by atomic mass is 16.5. The second kappa shape index (κ2) is 7.25. The third-order valence-corrected chi connectivity index (χ3v) is 4.20. The van der Waals surface area contributed by atoms with Crippen LogP contribution in [0.4, 0.5) is 11.4 Å². The Hall–Kier alpha value is -3.02. The van der Waals surface area contributed by atoms with Crippen molar-refractivity contribution >= 4 is 23.2 Å².